The topological polar surface area (TPSA) is 4.93 Å². The van der Waals surface area contributed by atoms with Crippen LogP contribution in [0.3, 0.4) is 0 Å². The quantitative estimate of drug-likeness (QED) is 0.222. The Morgan fingerprint density at radius 3 is 1.85 bits per heavy atom. The molecule has 0 saturated carbocycles. The number of aromatic nitrogens is 1. The number of para-hydroxylation sites is 2. The predicted octanol–water partition coefficient (Wildman–Crippen LogP) is 10.3. The summed E-state index contributed by atoms with van der Waals surface area (Å²) in [7, 11) is 0. The Morgan fingerprint density at radius 1 is 0.450 bits per heavy atom. The normalized spacial score (nSPS) is 12.2. The van der Waals surface area contributed by atoms with Gasteiger partial charge in [-0.2, -0.15) is 0 Å². The summed E-state index contributed by atoms with van der Waals surface area (Å²) in [4.78, 5) is 0. The number of fused-ring (bicyclic) bond motifs is 6. The lowest BCUT2D eigenvalue weighted by Gasteiger charge is -2.15. The molecule has 0 spiro atoms. The van der Waals surface area contributed by atoms with E-state index in [0.717, 1.165) is 6.42 Å². The Hall–Kier alpha value is -4.88. The van der Waals surface area contributed by atoms with Gasteiger partial charge in [0.15, 0.2) is 0 Å². The standard InChI is InChI=1S/C39H29N/c1-25-15-16-28(27-17-19-34-30(22-27)23-29-9-3-4-10-33(29)34)24-37(25)32-20-18-31(21-26(32)2)40-38-13-7-5-11-35(38)36-12-6-8-14-39(36)40/h3-22,24H,23H2,1-2H3. The molecule has 1 aliphatic carbocycles. The predicted molar refractivity (Wildman–Crippen MR) is 169 cm³/mol. The molecule has 0 fully saturated rings. The average Bonchev–Trinajstić information content (AvgIpc) is 3.53. The Labute approximate surface area is 235 Å². The van der Waals surface area contributed by atoms with E-state index >= 15 is 0 Å². The molecule has 1 heterocycles. The third kappa shape index (κ3) is 3.48. The van der Waals surface area contributed by atoms with Crippen molar-refractivity contribution in [1.29, 1.82) is 0 Å². The van der Waals surface area contributed by atoms with Crippen LogP contribution in [0.15, 0.2) is 127 Å². The summed E-state index contributed by atoms with van der Waals surface area (Å²) in [6.07, 6.45) is 1.02. The first kappa shape index (κ1) is 23.0. The highest BCUT2D eigenvalue weighted by molar-refractivity contribution is 6.09. The fourth-order valence-corrected chi connectivity index (χ4v) is 6.71. The summed E-state index contributed by atoms with van der Waals surface area (Å²) < 4.78 is 2.40. The van der Waals surface area contributed by atoms with Crippen LogP contribution in [0.5, 0.6) is 0 Å². The van der Waals surface area contributed by atoms with Crippen LogP contribution in [-0.4, -0.2) is 4.57 Å². The molecule has 0 bridgehead atoms. The number of hydrogen-bond donors (Lipinski definition) is 0. The first-order chi connectivity index (χ1) is 19.7. The van der Waals surface area contributed by atoms with E-state index in [4.69, 9.17) is 0 Å². The maximum absolute atomic E-state index is 2.40. The molecule has 40 heavy (non-hydrogen) atoms. The third-order valence-corrected chi connectivity index (χ3v) is 8.70. The Morgan fingerprint density at radius 2 is 1.07 bits per heavy atom. The first-order valence-corrected chi connectivity index (χ1v) is 14.1. The van der Waals surface area contributed by atoms with Crippen LogP contribution in [0.1, 0.15) is 22.3 Å². The number of hydrogen-bond acceptors (Lipinski definition) is 0. The van der Waals surface area contributed by atoms with E-state index in [1.807, 2.05) is 0 Å². The molecule has 0 saturated heterocycles. The minimum Gasteiger partial charge on any atom is -0.309 e. The molecule has 0 unspecified atom stereocenters. The van der Waals surface area contributed by atoms with Gasteiger partial charge in [-0.25, -0.2) is 0 Å². The van der Waals surface area contributed by atoms with Gasteiger partial charge in [-0.1, -0.05) is 97.1 Å². The smallest absolute Gasteiger partial charge is 0.0541 e. The molecule has 1 heteroatoms. The molecule has 0 amide bonds. The van der Waals surface area contributed by atoms with Crippen molar-refractivity contribution in [3.8, 4) is 39.1 Å². The van der Waals surface area contributed by atoms with Crippen LogP contribution in [-0.2, 0) is 6.42 Å². The monoisotopic (exact) mass is 511 g/mol. The van der Waals surface area contributed by atoms with Gasteiger partial charge in [-0.05, 0) is 106 Å². The summed E-state index contributed by atoms with van der Waals surface area (Å²) in [5.74, 6) is 0. The molecule has 0 N–H and O–H groups in total. The molecule has 7 aromatic rings. The molecule has 0 atom stereocenters. The number of benzene rings is 6. The van der Waals surface area contributed by atoms with Crippen LogP contribution in [0.25, 0.3) is 60.9 Å². The fourth-order valence-electron chi connectivity index (χ4n) is 6.71. The van der Waals surface area contributed by atoms with Gasteiger partial charge in [0.2, 0.25) is 0 Å². The average molecular weight is 512 g/mol. The van der Waals surface area contributed by atoms with Crippen LogP contribution in [0.2, 0.25) is 0 Å². The van der Waals surface area contributed by atoms with Crippen molar-refractivity contribution in [3.63, 3.8) is 0 Å². The van der Waals surface area contributed by atoms with Gasteiger partial charge in [0.05, 0.1) is 11.0 Å². The van der Waals surface area contributed by atoms with Crippen molar-refractivity contribution in [3.05, 3.63) is 150 Å². The summed E-state index contributed by atoms with van der Waals surface area (Å²) in [5.41, 5.74) is 17.0. The van der Waals surface area contributed by atoms with E-state index in [1.54, 1.807) is 0 Å². The summed E-state index contributed by atoms with van der Waals surface area (Å²) in [6, 6.07) is 47.0. The molecule has 1 aromatic heterocycles. The van der Waals surface area contributed by atoms with Gasteiger partial charge < -0.3 is 4.57 Å². The molecular formula is C39H29N. The van der Waals surface area contributed by atoms with E-state index < -0.39 is 0 Å². The van der Waals surface area contributed by atoms with Crippen molar-refractivity contribution in [1.82, 2.24) is 4.57 Å². The Bertz CT molecular complexity index is 2050. The molecule has 190 valence electrons. The largest absolute Gasteiger partial charge is 0.309 e. The Balaban J connectivity index is 1.21. The summed E-state index contributed by atoms with van der Waals surface area (Å²) >= 11 is 0. The SMILES string of the molecule is Cc1cc(-n2c3ccccc3c3ccccc32)ccc1-c1cc(-c2ccc3c(c2)Cc2ccccc2-3)ccc1C. The highest BCUT2D eigenvalue weighted by Crippen LogP contribution is 2.40. The zero-order valence-electron chi connectivity index (χ0n) is 22.8. The van der Waals surface area contributed by atoms with E-state index in [1.165, 1.54) is 83.1 Å². The van der Waals surface area contributed by atoms with Gasteiger partial charge in [-0.15, -0.1) is 0 Å². The third-order valence-electron chi connectivity index (χ3n) is 8.70. The maximum Gasteiger partial charge on any atom is 0.0541 e. The van der Waals surface area contributed by atoms with Crippen LogP contribution in [0, 0.1) is 13.8 Å². The molecule has 6 aromatic carbocycles. The molecule has 8 rings (SSSR count). The number of nitrogens with zero attached hydrogens (tertiary/aromatic N) is 1. The number of aryl methyl sites for hydroxylation is 2. The van der Waals surface area contributed by atoms with E-state index in [0.29, 0.717) is 0 Å². The summed E-state index contributed by atoms with van der Waals surface area (Å²) in [6.45, 7) is 4.46. The van der Waals surface area contributed by atoms with Crippen molar-refractivity contribution in [2.75, 3.05) is 0 Å². The van der Waals surface area contributed by atoms with Crippen molar-refractivity contribution in [2.24, 2.45) is 0 Å². The van der Waals surface area contributed by atoms with Crippen molar-refractivity contribution in [2.45, 2.75) is 20.3 Å². The lowest BCUT2D eigenvalue weighted by Crippen LogP contribution is -1.96. The van der Waals surface area contributed by atoms with Crippen molar-refractivity contribution < 1.29 is 0 Å². The molecule has 0 radical (unpaired) electrons. The second kappa shape index (κ2) is 8.83. The van der Waals surface area contributed by atoms with Crippen LogP contribution >= 0.6 is 0 Å². The van der Waals surface area contributed by atoms with Gasteiger partial charge in [0, 0.05) is 16.5 Å². The summed E-state index contributed by atoms with van der Waals surface area (Å²) in [5, 5.41) is 2.58. The minimum absolute atomic E-state index is 1.02. The number of rotatable bonds is 3. The Kier molecular flexibility index (Phi) is 5.09. The second-order valence-electron chi connectivity index (χ2n) is 11.1. The molecular weight excluding hydrogens is 482 g/mol. The molecule has 1 aliphatic rings. The van der Waals surface area contributed by atoms with E-state index in [2.05, 4.69) is 146 Å². The highest BCUT2D eigenvalue weighted by atomic mass is 15.0. The molecule has 1 nitrogen and oxygen atoms in total. The second-order valence-corrected chi connectivity index (χ2v) is 11.1. The van der Waals surface area contributed by atoms with Gasteiger partial charge in [-0.3, -0.25) is 0 Å². The van der Waals surface area contributed by atoms with Crippen LogP contribution in [0.4, 0.5) is 0 Å². The zero-order valence-corrected chi connectivity index (χ0v) is 22.8. The zero-order chi connectivity index (χ0) is 26.8. The van der Waals surface area contributed by atoms with E-state index in [9.17, 15) is 0 Å². The fraction of sp³-hybridized carbons (Fsp3) is 0.0769. The van der Waals surface area contributed by atoms with Gasteiger partial charge in [0.25, 0.3) is 0 Å². The lowest BCUT2D eigenvalue weighted by atomic mass is 9.91. The van der Waals surface area contributed by atoms with E-state index in [-0.39, 0.29) is 0 Å². The maximum atomic E-state index is 2.40. The van der Waals surface area contributed by atoms with Gasteiger partial charge >= 0.3 is 0 Å². The molecule has 0 aliphatic heterocycles. The minimum atomic E-state index is 1.02. The first-order valence-electron chi connectivity index (χ1n) is 14.1. The van der Waals surface area contributed by atoms with Crippen molar-refractivity contribution >= 4 is 21.8 Å². The van der Waals surface area contributed by atoms with Gasteiger partial charge in [0.1, 0.15) is 0 Å². The van der Waals surface area contributed by atoms with Crippen LogP contribution < -0.4 is 0 Å². The lowest BCUT2D eigenvalue weighted by molar-refractivity contribution is 1.17. The highest BCUT2D eigenvalue weighted by Gasteiger charge is 2.19.